The van der Waals surface area contributed by atoms with Crippen LogP contribution in [0.5, 0.6) is 0 Å². The molecule has 0 fully saturated rings. The van der Waals surface area contributed by atoms with E-state index in [1.165, 1.54) is 19.3 Å². The minimum absolute atomic E-state index is 0.187. The first-order valence-corrected chi connectivity index (χ1v) is 4.65. The van der Waals surface area contributed by atoms with Gasteiger partial charge in [0.15, 0.2) is 0 Å². The normalized spacial score (nSPS) is 9.47. The van der Waals surface area contributed by atoms with E-state index in [-0.39, 0.29) is 11.8 Å². The molecule has 0 aliphatic rings. The van der Waals surface area contributed by atoms with Gasteiger partial charge in [-0.3, -0.25) is 14.6 Å². The maximum absolute atomic E-state index is 11.3. The van der Waals surface area contributed by atoms with Gasteiger partial charge in [-0.15, -0.1) is 0 Å². The van der Waals surface area contributed by atoms with E-state index in [0.29, 0.717) is 17.8 Å². The van der Waals surface area contributed by atoms with Gasteiger partial charge in [0.2, 0.25) is 0 Å². The van der Waals surface area contributed by atoms with Crippen molar-refractivity contribution in [2.24, 2.45) is 0 Å². The molecule has 5 heteroatoms. The third-order valence-electron chi connectivity index (χ3n) is 1.82. The largest absolute Gasteiger partial charge is 0.354 e. The summed E-state index contributed by atoms with van der Waals surface area (Å²) < 4.78 is 0. The number of hydrogen-bond acceptors (Lipinski definition) is 3. The lowest BCUT2D eigenvalue weighted by molar-refractivity contribution is 0.0943. The number of aromatic nitrogens is 1. The van der Waals surface area contributed by atoms with Crippen LogP contribution in [-0.4, -0.2) is 30.4 Å². The van der Waals surface area contributed by atoms with Gasteiger partial charge in [-0.25, -0.2) is 0 Å². The Kier molecular flexibility index (Phi) is 3.79. The second-order valence-electron chi connectivity index (χ2n) is 2.87. The van der Waals surface area contributed by atoms with Crippen LogP contribution in [-0.2, 0) is 0 Å². The Morgan fingerprint density at radius 3 is 2.53 bits per heavy atom. The van der Waals surface area contributed by atoms with Crippen LogP contribution in [0.2, 0.25) is 0 Å². The van der Waals surface area contributed by atoms with E-state index in [9.17, 15) is 9.59 Å². The Balaban J connectivity index is 2.80. The summed E-state index contributed by atoms with van der Waals surface area (Å²) in [7, 11) is 1.53. The standard InChI is InChI=1S/C10H13N3O2/c1-3-12-9(14)7-4-5-8(13-6-7)10(15)11-2/h4-6H,3H2,1-2H3,(H,11,15)(H,12,14). The molecule has 0 saturated heterocycles. The van der Waals surface area contributed by atoms with Gasteiger partial charge in [-0.1, -0.05) is 0 Å². The Morgan fingerprint density at radius 1 is 1.33 bits per heavy atom. The molecule has 80 valence electrons. The highest BCUT2D eigenvalue weighted by Crippen LogP contribution is 2.00. The summed E-state index contributed by atoms with van der Waals surface area (Å²) in [6.45, 7) is 2.40. The average molecular weight is 207 g/mol. The predicted molar refractivity (Wildman–Crippen MR) is 55.6 cm³/mol. The molecular weight excluding hydrogens is 194 g/mol. The van der Waals surface area contributed by atoms with E-state index in [2.05, 4.69) is 15.6 Å². The van der Waals surface area contributed by atoms with Crippen LogP contribution >= 0.6 is 0 Å². The molecule has 0 saturated carbocycles. The summed E-state index contributed by atoms with van der Waals surface area (Å²) in [5.74, 6) is -0.453. The van der Waals surface area contributed by atoms with E-state index in [1.807, 2.05) is 6.92 Å². The third-order valence-corrected chi connectivity index (χ3v) is 1.82. The molecule has 1 rings (SSSR count). The SMILES string of the molecule is CCNC(=O)c1ccc(C(=O)NC)nc1. The van der Waals surface area contributed by atoms with Gasteiger partial charge < -0.3 is 10.6 Å². The molecule has 0 spiro atoms. The minimum atomic E-state index is -0.266. The number of pyridine rings is 1. The van der Waals surface area contributed by atoms with Crippen LogP contribution in [0.15, 0.2) is 18.3 Å². The third kappa shape index (κ3) is 2.77. The number of hydrogen-bond donors (Lipinski definition) is 2. The van der Waals surface area contributed by atoms with E-state index < -0.39 is 0 Å². The topological polar surface area (TPSA) is 71.1 Å². The van der Waals surface area contributed by atoms with Crippen LogP contribution in [0.25, 0.3) is 0 Å². The van der Waals surface area contributed by atoms with E-state index >= 15 is 0 Å². The van der Waals surface area contributed by atoms with Crippen molar-refractivity contribution in [1.82, 2.24) is 15.6 Å². The quantitative estimate of drug-likeness (QED) is 0.743. The van der Waals surface area contributed by atoms with Crippen molar-refractivity contribution in [3.05, 3.63) is 29.6 Å². The Labute approximate surface area is 87.9 Å². The summed E-state index contributed by atoms with van der Waals surface area (Å²) >= 11 is 0. The highest BCUT2D eigenvalue weighted by molar-refractivity contribution is 5.96. The van der Waals surface area contributed by atoms with Gasteiger partial charge in [-0.2, -0.15) is 0 Å². The van der Waals surface area contributed by atoms with Crippen molar-refractivity contribution in [2.75, 3.05) is 13.6 Å². The molecule has 1 aromatic rings. The minimum Gasteiger partial charge on any atom is -0.354 e. The second kappa shape index (κ2) is 5.09. The molecule has 0 aromatic carbocycles. The lowest BCUT2D eigenvalue weighted by atomic mass is 10.2. The van der Waals surface area contributed by atoms with Crippen LogP contribution in [0.4, 0.5) is 0 Å². The monoisotopic (exact) mass is 207 g/mol. The smallest absolute Gasteiger partial charge is 0.269 e. The summed E-state index contributed by atoms with van der Waals surface area (Å²) in [5, 5.41) is 5.10. The van der Waals surface area contributed by atoms with E-state index in [1.54, 1.807) is 6.07 Å². The number of nitrogens with zero attached hydrogens (tertiary/aromatic N) is 1. The van der Waals surface area contributed by atoms with Crippen molar-refractivity contribution < 1.29 is 9.59 Å². The van der Waals surface area contributed by atoms with Crippen LogP contribution in [0.3, 0.4) is 0 Å². The lowest BCUT2D eigenvalue weighted by Gasteiger charge is -2.02. The molecule has 0 atom stereocenters. The molecule has 0 aliphatic carbocycles. The first kappa shape index (κ1) is 11.2. The van der Waals surface area contributed by atoms with Gasteiger partial charge >= 0.3 is 0 Å². The van der Waals surface area contributed by atoms with Gasteiger partial charge in [0.25, 0.3) is 11.8 Å². The maximum Gasteiger partial charge on any atom is 0.269 e. The first-order chi connectivity index (χ1) is 7.19. The lowest BCUT2D eigenvalue weighted by Crippen LogP contribution is -2.23. The molecule has 0 radical (unpaired) electrons. The molecule has 15 heavy (non-hydrogen) atoms. The van der Waals surface area contributed by atoms with Gasteiger partial charge in [0.1, 0.15) is 5.69 Å². The van der Waals surface area contributed by atoms with Crippen molar-refractivity contribution in [2.45, 2.75) is 6.92 Å². The van der Waals surface area contributed by atoms with E-state index in [4.69, 9.17) is 0 Å². The van der Waals surface area contributed by atoms with Crippen LogP contribution < -0.4 is 10.6 Å². The van der Waals surface area contributed by atoms with Crippen molar-refractivity contribution in [3.8, 4) is 0 Å². The predicted octanol–water partition coefficient (Wildman–Crippen LogP) is 0.191. The Morgan fingerprint density at radius 2 is 2.07 bits per heavy atom. The fourth-order valence-corrected chi connectivity index (χ4v) is 1.05. The zero-order valence-electron chi connectivity index (χ0n) is 8.70. The van der Waals surface area contributed by atoms with Crippen LogP contribution in [0, 0.1) is 0 Å². The summed E-state index contributed by atoms with van der Waals surface area (Å²) in [4.78, 5) is 26.4. The fraction of sp³-hybridized carbons (Fsp3) is 0.300. The fourth-order valence-electron chi connectivity index (χ4n) is 1.05. The molecule has 0 bridgehead atoms. The number of carbonyl (C=O) groups is 2. The molecule has 2 N–H and O–H groups in total. The zero-order chi connectivity index (χ0) is 11.3. The summed E-state index contributed by atoms with van der Waals surface area (Å²) in [5.41, 5.74) is 0.745. The molecule has 1 heterocycles. The maximum atomic E-state index is 11.3. The van der Waals surface area contributed by atoms with Crippen molar-refractivity contribution in [3.63, 3.8) is 0 Å². The molecule has 1 aromatic heterocycles. The summed E-state index contributed by atoms with van der Waals surface area (Å²) in [6.07, 6.45) is 1.38. The second-order valence-corrected chi connectivity index (χ2v) is 2.87. The van der Waals surface area contributed by atoms with Crippen LogP contribution in [0.1, 0.15) is 27.8 Å². The number of nitrogens with one attached hydrogen (secondary N) is 2. The average Bonchev–Trinajstić information content (AvgIpc) is 2.28. The first-order valence-electron chi connectivity index (χ1n) is 4.65. The number of rotatable bonds is 3. The molecule has 5 nitrogen and oxygen atoms in total. The van der Waals surface area contributed by atoms with Gasteiger partial charge in [-0.05, 0) is 19.1 Å². The molecule has 0 aliphatic heterocycles. The van der Waals surface area contributed by atoms with Crippen molar-refractivity contribution >= 4 is 11.8 Å². The highest BCUT2D eigenvalue weighted by Gasteiger charge is 2.07. The highest BCUT2D eigenvalue weighted by atomic mass is 16.2. The number of carbonyl (C=O) groups excluding carboxylic acids is 2. The number of amides is 2. The Bertz CT molecular complexity index is 359. The van der Waals surface area contributed by atoms with Crippen molar-refractivity contribution in [1.29, 1.82) is 0 Å². The molecular formula is C10H13N3O2. The Hall–Kier alpha value is -1.91. The van der Waals surface area contributed by atoms with Gasteiger partial charge in [0, 0.05) is 19.8 Å². The zero-order valence-corrected chi connectivity index (χ0v) is 8.70. The molecule has 2 amide bonds. The van der Waals surface area contributed by atoms with E-state index in [0.717, 1.165) is 0 Å². The van der Waals surface area contributed by atoms with Gasteiger partial charge in [0.05, 0.1) is 5.56 Å². The summed E-state index contributed by atoms with van der Waals surface area (Å²) in [6, 6.07) is 3.09. The molecule has 0 unspecified atom stereocenters.